The molecule has 1 aliphatic heterocycles. The van der Waals surface area contributed by atoms with E-state index in [4.69, 9.17) is 14.2 Å². The summed E-state index contributed by atoms with van der Waals surface area (Å²) >= 11 is 0. The van der Waals surface area contributed by atoms with Crippen LogP contribution in [-0.4, -0.2) is 78.6 Å². The van der Waals surface area contributed by atoms with Gasteiger partial charge in [0.25, 0.3) is 0 Å². The van der Waals surface area contributed by atoms with E-state index in [2.05, 4.69) is 9.62 Å². The molecule has 0 unspecified atom stereocenters. The standard InChI is InChI=1S/C26H33F4N3O5S/c1-36-23-10-8-21(16-25(23)37-2)39(34,35)31-19-4-6-20(7-5-19)32-11-13-33(14-12-32)22-9-3-18(27)15-24(22)38-17-26(28,29)30/h3,8-10,15-16,19-20,31H,4-7,11-14,17H2,1-2H3. The molecule has 0 atom stereocenters. The molecule has 4 rings (SSSR count). The van der Waals surface area contributed by atoms with Gasteiger partial charge in [0.1, 0.15) is 11.6 Å². The Balaban J connectivity index is 1.30. The van der Waals surface area contributed by atoms with Crippen LogP contribution in [0.3, 0.4) is 0 Å². The Morgan fingerprint density at radius 2 is 1.56 bits per heavy atom. The summed E-state index contributed by atoms with van der Waals surface area (Å²) in [6.07, 6.45) is -1.52. The molecule has 2 aromatic carbocycles. The molecule has 2 aliphatic rings. The highest BCUT2D eigenvalue weighted by atomic mass is 32.2. The maximum Gasteiger partial charge on any atom is 0.422 e. The van der Waals surface area contributed by atoms with Crippen LogP contribution >= 0.6 is 0 Å². The van der Waals surface area contributed by atoms with Crippen LogP contribution in [0.4, 0.5) is 23.2 Å². The van der Waals surface area contributed by atoms with Gasteiger partial charge in [-0.15, -0.1) is 0 Å². The summed E-state index contributed by atoms with van der Waals surface area (Å²) in [6, 6.07) is 8.22. The molecular weight excluding hydrogens is 542 g/mol. The number of piperazine rings is 1. The van der Waals surface area contributed by atoms with Crippen molar-refractivity contribution < 1.29 is 40.2 Å². The quantitative estimate of drug-likeness (QED) is 0.449. The van der Waals surface area contributed by atoms with Crippen molar-refractivity contribution in [1.29, 1.82) is 0 Å². The lowest BCUT2D eigenvalue weighted by Crippen LogP contribution is -2.52. The van der Waals surface area contributed by atoms with Crippen molar-refractivity contribution in [1.82, 2.24) is 9.62 Å². The normalized spacial score (nSPS) is 21.0. The summed E-state index contributed by atoms with van der Waals surface area (Å²) in [5.74, 6) is 0.000516. The number of nitrogens with zero attached hydrogens (tertiary/aromatic N) is 2. The van der Waals surface area contributed by atoms with Gasteiger partial charge in [-0.25, -0.2) is 17.5 Å². The Hall–Kier alpha value is -2.77. The number of halogens is 4. The molecule has 0 amide bonds. The van der Waals surface area contributed by atoms with Gasteiger partial charge in [0.05, 0.1) is 24.8 Å². The minimum absolute atomic E-state index is 0.109. The number of methoxy groups -OCH3 is 2. The fourth-order valence-corrected chi connectivity index (χ4v) is 6.50. The molecule has 2 fully saturated rings. The molecule has 216 valence electrons. The summed E-state index contributed by atoms with van der Waals surface area (Å²) in [4.78, 5) is 4.35. The highest BCUT2D eigenvalue weighted by Gasteiger charge is 2.32. The smallest absolute Gasteiger partial charge is 0.422 e. The Kier molecular flexibility index (Phi) is 9.12. The summed E-state index contributed by atoms with van der Waals surface area (Å²) in [6.45, 7) is 0.994. The van der Waals surface area contributed by atoms with Crippen LogP contribution in [0.5, 0.6) is 17.2 Å². The molecule has 13 heteroatoms. The van der Waals surface area contributed by atoms with Gasteiger partial charge in [0.15, 0.2) is 18.1 Å². The van der Waals surface area contributed by atoms with Crippen molar-refractivity contribution in [2.24, 2.45) is 0 Å². The molecule has 1 saturated carbocycles. The summed E-state index contributed by atoms with van der Waals surface area (Å²) in [7, 11) is -0.804. The third-order valence-electron chi connectivity index (χ3n) is 7.17. The number of nitrogens with one attached hydrogen (secondary N) is 1. The third kappa shape index (κ3) is 7.46. The van der Waals surface area contributed by atoms with E-state index < -0.39 is 28.6 Å². The second kappa shape index (κ2) is 12.2. The zero-order valence-corrected chi connectivity index (χ0v) is 22.7. The van der Waals surface area contributed by atoms with Crippen LogP contribution < -0.4 is 23.8 Å². The molecule has 0 radical (unpaired) electrons. The van der Waals surface area contributed by atoms with E-state index in [1.54, 1.807) is 6.07 Å². The lowest BCUT2D eigenvalue weighted by Gasteiger charge is -2.43. The first kappa shape index (κ1) is 29.2. The molecule has 1 heterocycles. The van der Waals surface area contributed by atoms with Crippen molar-refractivity contribution in [3.8, 4) is 17.2 Å². The zero-order valence-electron chi connectivity index (χ0n) is 21.8. The minimum Gasteiger partial charge on any atom is -0.493 e. The van der Waals surface area contributed by atoms with E-state index in [0.717, 1.165) is 18.9 Å². The van der Waals surface area contributed by atoms with Gasteiger partial charge in [0, 0.05) is 50.4 Å². The Bertz CT molecular complexity index is 1230. The molecule has 0 aromatic heterocycles. The van der Waals surface area contributed by atoms with Crippen molar-refractivity contribution in [2.45, 2.75) is 48.8 Å². The maximum absolute atomic E-state index is 13.7. The van der Waals surface area contributed by atoms with Crippen molar-refractivity contribution in [3.63, 3.8) is 0 Å². The van der Waals surface area contributed by atoms with Crippen LogP contribution in [0, 0.1) is 5.82 Å². The second-order valence-electron chi connectivity index (χ2n) is 9.68. The number of sulfonamides is 1. The monoisotopic (exact) mass is 575 g/mol. The fraction of sp³-hybridized carbons (Fsp3) is 0.538. The predicted molar refractivity (Wildman–Crippen MR) is 138 cm³/mol. The maximum atomic E-state index is 13.7. The number of hydrogen-bond acceptors (Lipinski definition) is 7. The highest BCUT2D eigenvalue weighted by Crippen LogP contribution is 2.33. The van der Waals surface area contributed by atoms with E-state index in [0.29, 0.717) is 56.2 Å². The number of benzene rings is 2. The lowest BCUT2D eigenvalue weighted by atomic mass is 9.90. The lowest BCUT2D eigenvalue weighted by molar-refractivity contribution is -0.153. The molecule has 39 heavy (non-hydrogen) atoms. The summed E-state index contributed by atoms with van der Waals surface area (Å²) in [5, 5.41) is 0. The third-order valence-corrected chi connectivity index (χ3v) is 8.69. The topological polar surface area (TPSA) is 80.3 Å². The predicted octanol–water partition coefficient (Wildman–Crippen LogP) is 4.20. The van der Waals surface area contributed by atoms with Gasteiger partial charge in [-0.05, 0) is 49.9 Å². The van der Waals surface area contributed by atoms with Crippen molar-refractivity contribution >= 4 is 15.7 Å². The van der Waals surface area contributed by atoms with Crippen molar-refractivity contribution in [3.05, 3.63) is 42.2 Å². The van der Waals surface area contributed by atoms with E-state index in [1.807, 2.05) is 4.90 Å². The van der Waals surface area contributed by atoms with E-state index in [9.17, 15) is 26.0 Å². The number of ether oxygens (including phenoxy) is 3. The molecule has 1 aliphatic carbocycles. The van der Waals surface area contributed by atoms with Gasteiger partial charge in [0.2, 0.25) is 10.0 Å². The Morgan fingerprint density at radius 3 is 2.18 bits per heavy atom. The Morgan fingerprint density at radius 1 is 0.897 bits per heavy atom. The minimum atomic E-state index is -4.52. The largest absolute Gasteiger partial charge is 0.493 e. The SMILES string of the molecule is COc1ccc(S(=O)(=O)NC2CCC(N3CCN(c4ccc(F)cc4OCC(F)(F)F)CC3)CC2)cc1OC. The van der Waals surface area contributed by atoms with Crippen molar-refractivity contribution in [2.75, 3.05) is 51.9 Å². The molecule has 1 N–H and O–H groups in total. The van der Waals surface area contributed by atoms with Gasteiger partial charge in [-0.3, -0.25) is 4.90 Å². The average Bonchev–Trinajstić information content (AvgIpc) is 2.91. The van der Waals surface area contributed by atoms with Crippen LogP contribution in [0.2, 0.25) is 0 Å². The number of hydrogen-bond donors (Lipinski definition) is 1. The molecule has 2 aromatic rings. The van der Waals surface area contributed by atoms with Gasteiger partial charge in [-0.2, -0.15) is 13.2 Å². The van der Waals surface area contributed by atoms with Gasteiger partial charge < -0.3 is 19.1 Å². The number of rotatable bonds is 9. The molecule has 8 nitrogen and oxygen atoms in total. The van der Waals surface area contributed by atoms with Crippen LogP contribution in [0.15, 0.2) is 41.3 Å². The van der Waals surface area contributed by atoms with Crippen LogP contribution in [0.25, 0.3) is 0 Å². The van der Waals surface area contributed by atoms with Crippen LogP contribution in [0.1, 0.15) is 25.7 Å². The van der Waals surface area contributed by atoms with Gasteiger partial charge in [-0.1, -0.05) is 0 Å². The first-order valence-electron chi connectivity index (χ1n) is 12.7. The first-order valence-corrected chi connectivity index (χ1v) is 14.2. The Labute approximate surface area is 225 Å². The van der Waals surface area contributed by atoms with Crippen LogP contribution in [-0.2, 0) is 10.0 Å². The molecular formula is C26H33F4N3O5S. The molecule has 0 spiro atoms. The van der Waals surface area contributed by atoms with Gasteiger partial charge >= 0.3 is 6.18 Å². The number of alkyl halides is 3. The average molecular weight is 576 g/mol. The number of anilines is 1. The fourth-order valence-electron chi connectivity index (χ4n) is 5.18. The van der Waals surface area contributed by atoms with E-state index in [-0.39, 0.29) is 22.7 Å². The first-order chi connectivity index (χ1) is 18.5. The second-order valence-corrected chi connectivity index (χ2v) is 11.4. The van der Waals surface area contributed by atoms with E-state index in [1.165, 1.54) is 38.5 Å². The van der Waals surface area contributed by atoms with E-state index >= 15 is 0 Å². The summed E-state index contributed by atoms with van der Waals surface area (Å²) < 4.78 is 95.7. The summed E-state index contributed by atoms with van der Waals surface area (Å²) in [5.41, 5.74) is 0.438. The highest BCUT2D eigenvalue weighted by molar-refractivity contribution is 7.89. The zero-order chi connectivity index (χ0) is 28.2. The molecule has 1 saturated heterocycles. The molecule has 0 bridgehead atoms.